The molecule has 0 radical (unpaired) electrons. The first-order valence-corrected chi connectivity index (χ1v) is 7.96. The van der Waals surface area contributed by atoms with Crippen LogP contribution >= 0.6 is 23.8 Å². The third-order valence-corrected chi connectivity index (χ3v) is 3.93. The van der Waals surface area contributed by atoms with Crippen molar-refractivity contribution in [2.24, 2.45) is 0 Å². The second-order valence-corrected chi connectivity index (χ2v) is 5.93. The average molecular weight is 334 g/mol. The van der Waals surface area contributed by atoms with E-state index in [-0.39, 0.29) is 0 Å². The van der Waals surface area contributed by atoms with Crippen molar-refractivity contribution in [2.75, 3.05) is 16.9 Å². The zero-order chi connectivity index (χ0) is 16.1. The molecule has 0 saturated heterocycles. The standard InChI is InChI=1S/C17H20ClN3S/c1-4-21(15-9-5-12(2)6-10-15)20-17(22)19-14-8-7-13(3)16(18)11-14/h5-11H,4H2,1-3H3,(H2,19,20,22). The summed E-state index contributed by atoms with van der Waals surface area (Å²) < 4.78 is 0. The molecule has 2 rings (SSSR count). The van der Waals surface area contributed by atoms with Gasteiger partial charge in [-0.15, -0.1) is 0 Å². The molecule has 22 heavy (non-hydrogen) atoms. The van der Waals surface area contributed by atoms with Crippen LogP contribution in [0, 0.1) is 13.8 Å². The smallest absolute Gasteiger partial charge is 0.189 e. The molecule has 0 fully saturated rings. The maximum absolute atomic E-state index is 6.13. The zero-order valence-corrected chi connectivity index (χ0v) is 14.6. The van der Waals surface area contributed by atoms with Crippen molar-refractivity contribution in [3.63, 3.8) is 0 Å². The van der Waals surface area contributed by atoms with Crippen LogP contribution in [0.1, 0.15) is 18.1 Å². The van der Waals surface area contributed by atoms with Gasteiger partial charge in [-0.2, -0.15) is 0 Å². The molecule has 0 saturated carbocycles. The largest absolute Gasteiger partial charge is 0.331 e. The van der Waals surface area contributed by atoms with Gasteiger partial charge >= 0.3 is 0 Å². The molecule has 5 heteroatoms. The Balaban J connectivity index is 2.02. The molecule has 2 N–H and O–H groups in total. The van der Waals surface area contributed by atoms with Gasteiger partial charge in [-0.25, -0.2) is 0 Å². The monoisotopic (exact) mass is 333 g/mol. The van der Waals surface area contributed by atoms with E-state index in [0.717, 1.165) is 28.5 Å². The molecule has 0 aliphatic heterocycles. The Morgan fingerprint density at radius 3 is 2.41 bits per heavy atom. The van der Waals surface area contributed by atoms with E-state index < -0.39 is 0 Å². The van der Waals surface area contributed by atoms with E-state index in [9.17, 15) is 0 Å². The zero-order valence-electron chi connectivity index (χ0n) is 13.0. The number of rotatable bonds is 4. The van der Waals surface area contributed by atoms with E-state index in [1.807, 2.05) is 30.1 Å². The van der Waals surface area contributed by atoms with Crippen molar-refractivity contribution in [3.8, 4) is 0 Å². The summed E-state index contributed by atoms with van der Waals surface area (Å²) >= 11 is 11.5. The van der Waals surface area contributed by atoms with Gasteiger partial charge in [0.15, 0.2) is 5.11 Å². The molecule has 3 nitrogen and oxygen atoms in total. The molecule has 0 unspecified atom stereocenters. The number of hydrogen-bond acceptors (Lipinski definition) is 2. The van der Waals surface area contributed by atoms with Crippen LogP contribution in [0.5, 0.6) is 0 Å². The average Bonchev–Trinajstić information content (AvgIpc) is 2.49. The molecule has 0 spiro atoms. The first kappa shape index (κ1) is 16.6. The van der Waals surface area contributed by atoms with Crippen molar-refractivity contribution < 1.29 is 0 Å². The maximum atomic E-state index is 6.13. The lowest BCUT2D eigenvalue weighted by molar-refractivity contribution is 0.800. The first-order chi connectivity index (χ1) is 10.5. The Morgan fingerprint density at radius 1 is 1.14 bits per heavy atom. The number of nitrogens with one attached hydrogen (secondary N) is 2. The normalized spacial score (nSPS) is 10.2. The van der Waals surface area contributed by atoms with Crippen LogP contribution in [0.3, 0.4) is 0 Å². The van der Waals surface area contributed by atoms with Gasteiger partial charge < -0.3 is 5.32 Å². The Kier molecular flexibility index (Phi) is 5.63. The predicted molar refractivity (Wildman–Crippen MR) is 99.7 cm³/mol. The van der Waals surface area contributed by atoms with Crippen LogP contribution in [0.15, 0.2) is 42.5 Å². The minimum absolute atomic E-state index is 0.530. The number of hydrazine groups is 1. The number of nitrogens with zero attached hydrogens (tertiary/aromatic N) is 1. The molecule has 0 amide bonds. The van der Waals surface area contributed by atoms with E-state index in [1.54, 1.807) is 0 Å². The summed E-state index contributed by atoms with van der Waals surface area (Å²) in [5.74, 6) is 0. The second kappa shape index (κ2) is 7.47. The summed E-state index contributed by atoms with van der Waals surface area (Å²) in [4.78, 5) is 0. The third kappa shape index (κ3) is 4.36. The van der Waals surface area contributed by atoms with Crippen molar-refractivity contribution in [1.29, 1.82) is 0 Å². The van der Waals surface area contributed by atoms with Gasteiger partial charge in [-0.3, -0.25) is 10.4 Å². The summed E-state index contributed by atoms with van der Waals surface area (Å²) in [7, 11) is 0. The van der Waals surface area contributed by atoms with E-state index >= 15 is 0 Å². The van der Waals surface area contributed by atoms with Gasteiger partial charge in [0.05, 0.1) is 5.69 Å². The van der Waals surface area contributed by atoms with E-state index in [4.69, 9.17) is 23.8 Å². The number of halogens is 1. The Hall–Kier alpha value is -1.78. The number of hydrogen-bond donors (Lipinski definition) is 2. The molecule has 0 heterocycles. The van der Waals surface area contributed by atoms with Crippen molar-refractivity contribution >= 4 is 40.3 Å². The molecular formula is C17H20ClN3S. The van der Waals surface area contributed by atoms with Crippen molar-refractivity contribution in [1.82, 2.24) is 5.43 Å². The summed E-state index contributed by atoms with van der Waals surface area (Å²) in [6.45, 7) is 6.90. The maximum Gasteiger partial charge on any atom is 0.189 e. The first-order valence-electron chi connectivity index (χ1n) is 7.17. The quantitative estimate of drug-likeness (QED) is 0.627. The molecule has 0 bridgehead atoms. The number of benzene rings is 2. The highest BCUT2D eigenvalue weighted by Gasteiger charge is 2.06. The van der Waals surface area contributed by atoms with E-state index in [1.165, 1.54) is 5.56 Å². The topological polar surface area (TPSA) is 27.3 Å². The van der Waals surface area contributed by atoms with Gasteiger partial charge in [0, 0.05) is 17.3 Å². The highest BCUT2D eigenvalue weighted by Crippen LogP contribution is 2.20. The molecular weight excluding hydrogens is 314 g/mol. The molecule has 116 valence electrons. The summed E-state index contributed by atoms with van der Waals surface area (Å²) in [6.07, 6.45) is 0. The molecule has 0 aliphatic carbocycles. The Bertz CT molecular complexity index is 655. The van der Waals surface area contributed by atoms with Crippen LogP contribution in [0.2, 0.25) is 5.02 Å². The molecule has 0 aromatic heterocycles. The second-order valence-electron chi connectivity index (χ2n) is 5.11. The van der Waals surface area contributed by atoms with Gasteiger partial charge in [-0.1, -0.05) is 35.4 Å². The fourth-order valence-electron chi connectivity index (χ4n) is 2.00. The van der Waals surface area contributed by atoms with Crippen LogP contribution in [0.4, 0.5) is 11.4 Å². The fourth-order valence-corrected chi connectivity index (χ4v) is 2.41. The Morgan fingerprint density at radius 2 is 1.82 bits per heavy atom. The minimum Gasteiger partial charge on any atom is -0.331 e. The molecule has 0 aliphatic rings. The van der Waals surface area contributed by atoms with Crippen LogP contribution in [0.25, 0.3) is 0 Å². The van der Waals surface area contributed by atoms with E-state index in [2.05, 4.69) is 48.9 Å². The van der Waals surface area contributed by atoms with Gasteiger partial charge in [0.25, 0.3) is 0 Å². The number of aryl methyl sites for hydroxylation is 2. The van der Waals surface area contributed by atoms with Crippen LogP contribution in [-0.4, -0.2) is 11.7 Å². The van der Waals surface area contributed by atoms with Gasteiger partial charge in [-0.05, 0) is 62.8 Å². The summed E-state index contributed by atoms with van der Waals surface area (Å²) in [5, 5.41) is 6.39. The van der Waals surface area contributed by atoms with Gasteiger partial charge in [0.1, 0.15) is 0 Å². The van der Waals surface area contributed by atoms with Crippen LogP contribution < -0.4 is 15.8 Å². The molecule has 2 aromatic rings. The molecule has 0 atom stereocenters. The highest BCUT2D eigenvalue weighted by molar-refractivity contribution is 7.80. The van der Waals surface area contributed by atoms with E-state index in [0.29, 0.717) is 5.11 Å². The highest BCUT2D eigenvalue weighted by atomic mass is 35.5. The third-order valence-electron chi connectivity index (χ3n) is 3.33. The van der Waals surface area contributed by atoms with Crippen molar-refractivity contribution in [3.05, 3.63) is 58.6 Å². The lowest BCUT2D eigenvalue weighted by Crippen LogP contribution is -2.44. The van der Waals surface area contributed by atoms with Gasteiger partial charge in [0.2, 0.25) is 0 Å². The van der Waals surface area contributed by atoms with Crippen LogP contribution in [-0.2, 0) is 0 Å². The summed E-state index contributed by atoms with van der Waals surface area (Å²) in [5.41, 5.74) is 7.41. The lowest BCUT2D eigenvalue weighted by atomic mass is 10.2. The lowest BCUT2D eigenvalue weighted by Gasteiger charge is -2.25. The number of thiocarbonyl (C=S) groups is 1. The van der Waals surface area contributed by atoms with Crippen molar-refractivity contribution in [2.45, 2.75) is 20.8 Å². The number of anilines is 2. The minimum atomic E-state index is 0.530. The molecule has 2 aromatic carbocycles. The Labute approximate surface area is 142 Å². The fraction of sp³-hybridized carbons (Fsp3) is 0.235. The predicted octanol–water partition coefficient (Wildman–Crippen LogP) is 4.68. The summed E-state index contributed by atoms with van der Waals surface area (Å²) in [6, 6.07) is 14.1. The SMILES string of the molecule is CCN(NC(=S)Nc1ccc(C)c(Cl)c1)c1ccc(C)cc1.